The van der Waals surface area contributed by atoms with Crippen molar-refractivity contribution in [2.24, 2.45) is 5.92 Å². The van der Waals surface area contributed by atoms with E-state index in [1.807, 2.05) is 0 Å². The molecule has 44 heavy (non-hydrogen) atoms. The third-order valence-corrected chi connectivity index (χ3v) is 10.2. The molecule has 2 aliphatic heterocycles. The fourth-order valence-corrected chi connectivity index (χ4v) is 8.63. The average molecular weight is 601 g/mol. The monoisotopic (exact) mass is 600 g/mol. The van der Waals surface area contributed by atoms with E-state index in [1.54, 1.807) is 12.2 Å². The largest absolute Gasteiger partial charge is 0.504 e. The minimum Gasteiger partial charge on any atom is -0.504 e. The number of fused-ring (bicyclic) bond motifs is 4. The van der Waals surface area contributed by atoms with Crippen molar-refractivity contribution in [2.75, 3.05) is 20.3 Å². The van der Waals surface area contributed by atoms with Gasteiger partial charge in [0.2, 0.25) is 0 Å². The second-order valence-electron chi connectivity index (χ2n) is 12.6. The summed E-state index contributed by atoms with van der Waals surface area (Å²) in [4.78, 5) is 26.8. The third-order valence-electron chi connectivity index (χ3n) is 10.2. The second kappa shape index (κ2) is 8.32. The van der Waals surface area contributed by atoms with Crippen molar-refractivity contribution in [1.82, 2.24) is 0 Å². The van der Waals surface area contributed by atoms with Gasteiger partial charge in [-0.05, 0) is 52.6 Å². The Morgan fingerprint density at radius 3 is 1.95 bits per heavy atom. The molecule has 2 unspecified atom stereocenters. The number of carbonyl (C=O) groups excluding carboxylic acids is 2. The number of hydrogen-bond donors (Lipinski definition) is 6. The first-order valence-corrected chi connectivity index (χ1v) is 14.1. The van der Waals surface area contributed by atoms with E-state index >= 15 is 0 Å². The van der Waals surface area contributed by atoms with Crippen LogP contribution in [0, 0.1) is 5.92 Å². The van der Waals surface area contributed by atoms with Crippen molar-refractivity contribution in [3.8, 4) is 23.0 Å². The summed E-state index contributed by atoms with van der Waals surface area (Å²) < 4.78 is 18.0. The summed E-state index contributed by atoms with van der Waals surface area (Å²) in [5.41, 5.74) is -4.27. The SMILES string of the molecule is COC1C23C=C([C@@H]4[C@]5(O)COC6=CC(=O)C=C[C@]64c4cc(O)c(O)cc4C5)C(=O)C=C2OC[C@]1(O)Cc1cc(O)c(O)cc13. The van der Waals surface area contributed by atoms with Gasteiger partial charge in [0.1, 0.15) is 47.5 Å². The molecular formula is C33H28O11. The molecule has 4 aliphatic carbocycles. The second-order valence-corrected chi connectivity index (χ2v) is 12.6. The summed E-state index contributed by atoms with van der Waals surface area (Å²) >= 11 is 0. The maximum atomic E-state index is 14.2. The van der Waals surface area contributed by atoms with Gasteiger partial charge in [-0.25, -0.2) is 0 Å². The molecule has 226 valence electrons. The normalized spacial score (nSPS) is 35.9. The van der Waals surface area contributed by atoms with Crippen LogP contribution in [0.3, 0.4) is 0 Å². The van der Waals surface area contributed by atoms with Crippen molar-refractivity contribution in [3.63, 3.8) is 0 Å². The highest BCUT2D eigenvalue weighted by atomic mass is 16.5. The zero-order valence-corrected chi connectivity index (χ0v) is 23.4. The molecule has 0 aromatic heterocycles. The van der Waals surface area contributed by atoms with Gasteiger partial charge in [0.15, 0.2) is 34.6 Å². The van der Waals surface area contributed by atoms with Gasteiger partial charge in [-0.15, -0.1) is 0 Å². The first-order chi connectivity index (χ1) is 20.9. The lowest BCUT2D eigenvalue weighted by Crippen LogP contribution is -2.68. The van der Waals surface area contributed by atoms with Gasteiger partial charge in [0.05, 0.1) is 5.41 Å². The molecule has 2 saturated heterocycles. The molecule has 6 N–H and O–H groups in total. The topological polar surface area (TPSA) is 183 Å². The molecule has 4 bridgehead atoms. The standard InChI is InChI=1S/C33H28O11/c1-42-29-31(41)11-16-5-23(37)25(39)8-20(16)33(29)12-18(21(35)9-27(33)44-14-31)28-30(40)10-15-4-22(36)24(38)7-19(15)32(28)3-2-17(34)6-26(32)43-13-30/h2-9,12,28-29,36-41H,10-11,13-14H2,1H3/t28-,29?,30-,31-,32+,33?/m1/s1. The lowest BCUT2D eigenvalue weighted by atomic mass is 9.49. The number of ether oxygens (including phenoxy) is 3. The quantitative estimate of drug-likeness (QED) is 0.274. The number of ketones is 2. The van der Waals surface area contributed by atoms with E-state index in [4.69, 9.17) is 14.2 Å². The number of methoxy groups -OCH3 is 1. The molecule has 8 rings (SSSR count). The highest BCUT2D eigenvalue weighted by molar-refractivity contribution is 6.08. The molecule has 11 nitrogen and oxygen atoms in total. The zero-order valence-electron chi connectivity index (χ0n) is 23.4. The van der Waals surface area contributed by atoms with Crippen molar-refractivity contribution in [2.45, 2.75) is 41.0 Å². The maximum absolute atomic E-state index is 14.2. The molecule has 2 spiro atoms. The molecule has 11 heteroatoms. The Labute approximate surface area is 250 Å². The van der Waals surface area contributed by atoms with Gasteiger partial charge in [0.25, 0.3) is 0 Å². The first kappa shape index (κ1) is 27.0. The average Bonchev–Trinajstić information content (AvgIpc) is 2.96. The Balaban J connectivity index is 1.45. The van der Waals surface area contributed by atoms with Crippen LogP contribution in [-0.4, -0.2) is 79.8 Å². The number of rotatable bonds is 2. The number of aliphatic hydroxyl groups is 2. The molecule has 2 fully saturated rings. The van der Waals surface area contributed by atoms with E-state index in [2.05, 4.69) is 0 Å². The van der Waals surface area contributed by atoms with Gasteiger partial charge < -0.3 is 44.8 Å². The Kier molecular flexibility index (Phi) is 5.11. The third kappa shape index (κ3) is 3.11. The fourth-order valence-electron chi connectivity index (χ4n) is 8.63. The van der Waals surface area contributed by atoms with Crippen molar-refractivity contribution in [1.29, 1.82) is 0 Å². The van der Waals surface area contributed by atoms with Crippen LogP contribution in [0.1, 0.15) is 22.3 Å². The van der Waals surface area contributed by atoms with Gasteiger partial charge in [0, 0.05) is 43.6 Å². The Bertz CT molecular complexity index is 1850. The minimum absolute atomic E-state index is 0.0276. The van der Waals surface area contributed by atoms with E-state index in [0.717, 1.165) is 0 Å². The number of phenols is 4. The van der Waals surface area contributed by atoms with Gasteiger partial charge in [-0.3, -0.25) is 9.59 Å². The van der Waals surface area contributed by atoms with Crippen LogP contribution in [0.25, 0.3) is 0 Å². The molecule has 2 heterocycles. The van der Waals surface area contributed by atoms with Crippen LogP contribution in [0.4, 0.5) is 0 Å². The molecule has 6 aliphatic rings. The number of phenolic OH excluding ortho intramolecular Hbond substituents is 4. The van der Waals surface area contributed by atoms with Crippen LogP contribution < -0.4 is 0 Å². The van der Waals surface area contributed by atoms with E-state index in [0.29, 0.717) is 22.3 Å². The van der Waals surface area contributed by atoms with Crippen LogP contribution >= 0.6 is 0 Å². The summed E-state index contributed by atoms with van der Waals surface area (Å²) in [6.07, 6.45) is 6.01. The predicted molar refractivity (Wildman–Crippen MR) is 150 cm³/mol. The molecule has 0 radical (unpaired) electrons. The molecule has 2 aromatic rings. The molecule has 6 atom stereocenters. The fraction of sp³-hybridized carbons (Fsp3) is 0.333. The molecule has 2 aromatic carbocycles. The van der Waals surface area contributed by atoms with Crippen LogP contribution in [0.5, 0.6) is 23.0 Å². The summed E-state index contributed by atoms with van der Waals surface area (Å²) in [6, 6.07) is 5.44. The lowest BCUT2D eigenvalue weighted by molar-refractivity contribution is -0.183. The molecule has 0 saturated carbocycles. The minimum atomic E-state index is -1.75. The van der Waals surface area contributed by atoms with Crippen molar-refractivity contribution < 1.29 is 54.4 Å². The van der Waals surface area contributed by atoms with E-state index < -0.39 is 51.3 Å². The first-order valence-electron chi connectivity index (χ1n) is 14.1. The van der Waals surface area contributed by atoms with Gasteiger partial charge in [-0.2, -0.15) is 0 Å². The number of carbonyl (C=O) groups is 2. The zero-order chi connectivity index (χ0) is 31.0. The lowest BCUT2D eigenvalue weighted by Gasteiger charge is -2.59. The van der Waals surface area contributed by atoms with Crippen molar-refractivity contribution in [3.05, 3.63) is 94.0 Å². The summed E-state index contributed by atoms with van der Waals surface area (Å²) in [7, 11) is 1.42. The number of aromatic hydroxyl groups is 4. The Hall–Kier alpha value is -4.58. The molecular weight excluding hydrogens is 572 g/mol. The number of hydrogen-bond acceptors (Lipinski definition) is 11. The van der Waals surface area contributed by atoms with Crippen LogP contribution in [0.15, 0.2) is 71.7 Å². The summed E-state index contributed by atoms with van der Waals surface area (Å²) in [5.74, 6) is -3.22. The number of benzene rings is 2. The van der Waals surface area contributed by atoms with Crippen LogP contribution in [-0.2, 0) is 47.5 Å². The highest BCUT2D eigenvalue weighted by Gasteiger charge is 2.67. The Morgan fingerprint density at radius 1 is 0.773 bits per heavy atom. The number of allylic oxidation sites excluding steroid dienone is 4. The highest BCUT2D eigenvalue weighted by Crippen LogP contribution is 2.62. The van der Waals surface area contributed by atoms with E-state index in [-0.39, 0.29) is 60.4 Å². The van der Waals surface area contributed by atoms with Gasteiger partial charge >= 0.3 is 0 Å². The van der Waals surface area contributed by atoms with Crippen LogP contribution in [0.2, 0.25) is 0 Å². The van der Waals surface area contributed by atoms with Gasteiger partial charge in [-0.1, -0.05) is 12.2 Å². The summed E-state index contributed by atoms with van der Waals surface area (Å²) in [5, 5.41) is 66.2. The molecule has 0 amide bonds. The Morgan fingerprint density at radius 2 is 1.32 bits per heavy atom. The predicted octanol–water partition coefficient (Wildman–Crippen LogP) is 1.37. The maximum Gasteiger partial charge on any atom is 0.185 e. The van der Waals surface area contributed by atoms with Crippen molar-refractivity contribution >= 4 is 11.6 Å². The van der Waals surface area contributed by atoms with E-state index in [1.165, 1.54) is 49.6 Å². The smallest absolute Gasteiger partial charge is 0.185 e. The van der Waals surface area contributed by atoms with E-state index in [9.17, 15) is 40.2 Å². The summed E-state index contributed by atoms with van der Waals surface area (Å²) in [6.45, 7) is -0.489.